The molecule has 2 aromatic rings. The molecule has 2 amide bonds. The van der Waals surface area contributed by atoms with E-state index in [0.717, 1.165) is 0 Å². The van der Waals surface area contributed by atoms with Crippen LogP contribution in [0.3, 0.4) is 0 Å². The Kier molecular flexibility index (Phi) is 8.54. The summed E-state index contributed by atoms with van der Waals surface area (Å²) in [6.07, 6.45) is 0. The molecule has 0 heterocycles. The molecule has 1 unspecified atom stereocenters. The summed E-state index contributed by atoms with van der Waals surface area (Å²) in [4.78, 5) is 25.7. The van der Waals surface area contributed by atoms with Gasteiger partial charge in [0.2, 0.25) is 5.91 Å². The quantitative estimate of drug-likeness (QED) is 0.602. The summed E-state index contributed by atoms with van der Waals surface area (Å²) in [7, 11) is 6.11. The van der Waals surface area contributed by atoms with Gasteiger partial charge in [0, 0.05) is 18.2 Å². The summed E-state index contributed by atoms with van der Waals surface area (Å²) in [5, 5.41) is 5.67. The Hall–Kier alpha value is -3.42. The third kappa shape index (κ3) is 5.81. The molecular weight excluding hydrogens is 400 g/mol. The van der Waals surface area contributed by atoms with Crippen LogP contribution in [0.1, 0.15) is 29.8 Å². The number of amides is 2. The molecule has 0 saturated heterocycles. The van der Waals surface area contributed by atoms with Crippen LogP contribution in [0, 0.1) is 5.92 Å². The fourth-order valence-corrected chi connectivity index (χ4v) is 3.11. The van der Waals surface area contributed by atoms with Crippen LogP contribution in [0.25, 0.3) is 0 Å². The van der Waals surface area contributed by atoms with E-state index in [-0.39, 0.29) is 24.3 Å². The van der Waals surface area contributed by atoms with Crippen molar-refractivity contribution in [3.63, 3.8) is 0 Å². The number of ether oxygens (including phenoxy) is 4. The van der Waals surface area contributed by atoms with Crippen LogP contribution in [0.15, 0.2) is 36.4 Å². The number of para-hydroxylation sites is 1. The summed E-state index contributed by atoms with van der Waals surface area (Å²) in [6.45, 7) is 3.92. The molecule has 0 aliphatic carbocycles. The Morgan fingerprint density at radius 3 is 2.00 bits per heavy atom. The molecule has 0 aliphatic rings. The highest BCUT2D eigenvalue weighted by atomic mass is 16.5. The molecule has 0 aromatic heterocycles. The van der Waals surface area contributed by atoms with Crippen molar-refractivity contribution in [3.8, 4) is 23.0 Å². The van der Waals surface area contributed by atoms with Gasteiger partial charge >= 0.3 is 0 Å². The SMILES string of the molecule is COc1cc(OC)c(OC)cc1CNC(=O)C(NC(=O)c1ccccc1OC)C(C)C. The number of methoxy groups -OCH3 is 4. The van der Waals surface area contributed by atoms with Gasteiger partial charge in [-0.1, -0.05) is 26.0 Å². The van der Waals surface area contributed by atoms with Crippen molar-refractivity contribution >= 4 is 11.8 Å². The predicted molar refractivity (Wildman–Crippen MR) is 117 cm³/mol. The zero-order valence-electron chi connectivity index (χ0n) is 18.8. The molecule has 168 valence electrons. The maximum Gasteiger partial charge on any atom is 0.255 e. The second-order valence-electron chi connectivity index (χ2n) is 7.13. The van der Waals surface area contributed by atoms with Gasteiger partial charge in [-0.2, -0.15) is 0 Å². The van der Waals surface area contributed by atoms with E-state index in [1.807, 2.05) is 13.8 Å². The molecule has 0 bridgehead atoms. The maximum atomic E-state index is 12.9. The number of hydrogen-bond donors (Lipinski definition) is 2. The summed E-state index contributed by atoms with van der Waals surface area (Å²) in [5.41, 5.74) is 1.08. The molecule has 2 aromatic carbocycles. The van der Waals surface area contributed by atoms with E-state index in [1.165, 1.54) is 28.4 Å². The van der Waals surface area contributed by atoms with Gasteiger partial charge in [-0.15, -0.1) is 0 Å². The van der Waals surface area contributed by atoms with Crippen molar-refractivity contribution < 1.29 is 28.5 Å². The van der Waals surface area contributed by atoms with Gasteiger partial charge in [-0.3, -0.25) is 9.59 Å². The molecule has 31 heavy (non-hydrogen) atoms. The van der Waals surface area contributed by atoms with Crippen molar-refractivity contribution in [1.82, 2.24) is 10.6 Å². The number of benzene rings is 2. The van der Waals surface area contributed by atoms with E-state index in [9.17, 15) is 9.59 Å². The van der Waals surface area contributed by atoms with E-state index in [1.54, 1.807) is 36.4 Å². The highest BCUT2D eigenvalue weighted by Crippen LogP contribution is 2.34. The Morgan fingerprint density at radius 1 is 0.839 bits per heavy atom. The lowest BCUT2D eigenvalue weighted by molar-refractivity contribution is -0.124. The normalized spacial score (nSPS) is 11.5. The maximum absolute atomic E-state index is 12.9. The van der Waals surface area contributed by atoms with Crippen LogP contribution in [-0.4, -0.2) is 46.3 Å². The first-order valence-electron chi connectivity index (χ1n) is 9.86. The predicted octanol–water partition coefficient (Wildman–Crippen LogP) is 2.79. The van der Waals surface area contributed by atoms with Crippen molar-refractivity contribution in [2.75, 3.05) is 28.4 Å². The zero-order chi connectivity index (χ0) is 23.0. The van der Waals surface area contributed by atoms with E-state index >= 15 is 0 Å². The number of carbonyl (C=O) groups is 2. The smallest absolute Gasteiger partial charge is 0.255 e. The van der Waals surface area contributed by atoms with E-state index < -0.39 is 6.04 Å². The molecule has 8 nitrogen and oxygen atoms in total. The van der Waals surface area contributed by atoms with Gasteiger partial charge in [0.25, 0.3) is 5.91 Å². The molecule has 0 spiro atoms. The average molecular weight is 431 g/mol. The van der Waals surface area contributed by atoms with Crippen molar-refractivity contribution in [2.45, 2.75) is 26.4 Å². The number of rotatable bonds is 10. The highest BCUT2D eigenvalue weighted by Gasteiger charge is 2.26. The highest BCUT2D eigenvalue weighted by molar-refractivity contribution is 5.99. The molecule has 0 aliphatic heterocycles. The van der Waals surface area contributed by atoms with Crippen molar-refractivity contribution in [1.29, 1.82) is 0 Å². The summed E-state index contributed by atoms with van der Waals surface area (Å²) in [5.74, 6) is 1.22. The largest absolute Gasteiger partial charge is 0.496 e. The third-order valence-corrected chi connectivity index (χ3v) is 4.83. The van der Waals surface area contributed by atoms with Gasteiger partial charge in [0.15, 0.2) is 11.5 Å². The lowest BCUT2D eigenvalue weighted by Crippen LogP contribution is -2.49. The first-order chi connectivity index (χ1) is 14.9. The lowest BCUT2D eigenvalue weighted by Gasteiger charge is -2.23. The second-order valence-corrected chi connectivity index (χ2v) is 7.13. The molecule has 0 radical (unpaired) electrons. The van der Waals surface area contributed by atoms with Crippen molar-refractivity contribution in [3.05, 3.63) is 47.5 Å². The summed E-state index contributed by atoms with van der Waals surface area (Å²) in [6, 6.07) is 9.58. The van der Waals surface area contributed by atoms with Gasteiger partial charge in [0.05, 0.1) is 34.0 Å². The zero-order valence-corrected chi connectivity index (χ0v) is 18.8. The van der Waals surface area contributed by atoms with Crippen LogP contribution in [-0.2, 0) is 11.3 Å². The molecule has 2 rings (SSSR count). The summed E-state index contributed by atoms with van der Waals surface area (Å²) >= 11 is 0. The summed E-state index contributed by atoms with van der Waals surface area (Å²) < 4.78 is 21.3. The minimum Gasteiger partial charge on any atom is -0.496 e. The Bertz CT molecular complexity index is 913. The first kappa shape index (κ1) is 23.9. The fourth-order valence-electron chi connectivity index (χ4n) is 3.11. The Morgan fingerprint density at radius 2 is 1.42 bits per heavy atom. The molecule has 2 N–H and O–H groups in total. The van der Waals surface area contributed by atoms with Crippen LogP contribution in [0.2, 0.25) is 0 Å². The van der Waals surface area contributed by atoms with Gasteiger partial charge in [-0.25, -0.2) is 0 Å². The van der Waals surface area contributed by atoms with Crippen LogP contribution >= 0.6 is 0 Å². The van der Waals surface area contributed by atoms with E-state index in [4.69, 9.17) is 18.9 Å². The van der Waals surface area contributed by atoms with Crippen LogP contribution in [0.4, 0.5) is 0 Å². The van der Waals surface area contributed by atoms with E-state index in [0.29, 0.717) is 34.1 Å². The van der Waals surface area contributed by atoms with Gasteiger partial charge in [-0.05, 0) is 24.1 Å². The van der Waals surface area contributed by atoms with Crippen molar-refractivity contribution in [2.24, 2.45) is 5.92 Å². The fraction of sp³-hybridized carbons (Fsp3) is 0.391. The number of nitrogens with one attached hydrogen (secondary N) is 2. The molecule has 0 saturated carbocycles. The molecule has 0 fully saturated rings. The molecular formula is C23H30N2O6. The lowest BCUT2D eigenvalue weighted by atomic mass is 10.0. The van der Waals surface area contributed by atoms with Crippen LogP contribution < -0.4 is 29.6 Å². The Labute approximate surface area is 182 Å². The first-order valence-corrected chi connectivity index (χ1v) is 9.86. The number of carbonyl (C=O) groups excluding carboxylic acids is 2. The molecule has 1 atom stereocenters. The number of hydrogen-bond acceptors (Lipinski definition) is 6. The average Bonchev–Trinajstić information content (AvgIpc) is 2.79. The minimum atomic E-state index is -0.733. The van der Waals surface area contributed by atoms with Gasteiger partial charge < -0.3 is 29.6 Å². The van der Waals surface area contributed by atoms with E-state index in [2.05, 4.69) is 10.6 Å². The van der Waals surface area contributed by atoms with Gasteiger partial charge in [0.1, 0.15) is 17.5 Å². The Balaban J connectivity index is 2.15. The van der Waals surface area contributed by atoms with Crippen LogP contribution in [0.5, 0.6) is 23.0 Å². The standard InChI is InChI=1S/C23H30N2O6/c1-14(2)21(25-22(26)16-9-7-8-10-17(16)28-3)23(27)24-13-15-11-19(30-5)20(31-6)12-18(15)29-4/h7-12,14,21H,13H2,1-6H3,(H,24,27)(H,25,26). The topological polar surface area (TPSA) is 95.1 Å². The third-order valence-electron chi connectivity index (χ3n) is 4.83. The minimum absolute atomic E-state index is 0.133. The monoisotopic (exact) mass is 430 g/mol. The second kappa shape index (κ2) is 11.1. The molecule has 8 heteroatoms.